The van der Waals surface area contributed by atoms with E-state index in [0.29, 0.717) is 16.3 Å². The normalized spacial score (nSPS) is 11.4. The first kappa shape index (κ1) is 21.3. The molecule has 7 nitrogen and oxygen atoms in total. The lowest BCUT2D eigenvalue weighted by Gasteiger charge is -2.10. The van der Waals surface area contributed by atoms with Crippen LogP contribution in [0, 0.1) is 0 Å². The zero-order chi connectivity index (χ0) is 21.8. The van der Waals surface area contributed by atoms with Gasteiger partial charge in [0, 0.05) is 35.1 Å². The van der Waals surface area contributed by atoms with Crippen molar-refractivity contribution < 1.29 is 13.2 Å². The topological polar surface area (TPSA) is 93.1 Å². The van der Waals surface area contributed by atoms with Gasteiger partial charge < -0.3 is 9.88 Å². The summed E-state index contributed by atoms with van der Waals surface area (Å²) >= 11 is 7.79. The molecule has 4 aromatic rings. The lowest BCUT2D eigenvalue weighted by molar-refractivity contribution is 0.102. The van der Waals surface area contributed by atoms with E-state index >= 15 is 0 Å². The van der Waals surface area contributed by atoms with E-state index in [4.69, 9.17) is 11.6 Å². The highest BCUT2D eigenvalue weighted by Gasteiger charge is 2.15. The number of anilines is 1. The maximum absolute atomic E-state index is 12.5. The smallest absolute Gasteiger partial charge is 0.255 e. The summed E-state index contributed by atoms with van der Waals surface area (Å²) in [5.74, 6) is -0.373. The number of hydrogen-bond acceptors (Lipinski definition) is 5. The Balaban J connectivity index is 1.43. The molecule has 10 heteroatoms. The first-order valence-corrected chi connectivity index (χ1v) is 11.9. The maximum atomic E-state index is 12.5. The van der Waals surface area contributed by atoms with Crippen LogP contribution in [0.15, 0.2) is 83.6 Å². The zero-order valence-electron chi connectivity index (χ0n) is 16.0. The van der Waals surface area contributed by atoms with Crippen LogP contribution in [-0.2, 0) is 16.6 Å². The van der Waals surface area contributed by atoms with Gasteiger partial charge in [0.15, 0.2) is 0 Å². The highest BCUT2D eigenvalue weighted by atomic mass is 35.5. The number of nitrogens with one attached hydrogen (secondary N) is 2. The van der Waals surface area contributed by atoms with E-state index in [-0.39, 0.29) is 17.3 Å². The van der Waals surface area contributed by atoms with Crippen LogP contribution in [-0.4, -0.2) is 23.9 Å². The lowest BCUT2D eigenvalue weighted by atomic mass is 10.2. The number of carbonyl (C=O) groups excluding carboxylic acids is 1. The second kappa shape index (κ2) is 9.03. The van der Waals surface area contributed by atoms with Crippen LogP contribution in [0.3, 0.4) is 0 Å². The van der Waals surface area contributed by atoms with Crippen LogP contribution in [0.4, 0.5) is 5.69 Å². The third-order valence-corrected chi connectivity index (χ3v) is 7.03. The van der Waals surface area contributed by atoms with Gasteiger partial charge in [0.1, 0.15) is 0 Å². The number of sulfonamides is 1. The minimum Gasteiger partial charge on any atom is -0.322 e. The molecule has 2 aromatic heterocycles. The van der Waals surface area contributed by atoms with Crippen molar-refractivity contribution in [3.05, 3.63) is 94.2 Å². The number of rotatable bonds is 7. The average molecular weight is 473 g/mol. The number of aromatic nitrogens is 2. The number of nitrogens with zero attached hydrogens (tertiary/aromatic N) is 2. The summed E-state index contributed by atoms with van der Waals surface area (Å²) in [6, 6.07) is 14.6. The molecule has 158 valence electrons. The van der Waals surface area contributed by atoms with E-state index in [0.717, 1.165) is 10.6 Å². The Labute approximate surface area is 188 Å². The molecule has 0 aliphatic rings. The number of hydrogen-bond donors (Lipinski definition) is 2. The predicted octanol–water partition coefficient (Wildman–Crippen LogP) is 4.32. The summed E-state index contributed by atoms with van der Waals surface area (Å²) in [5, 5.41) is 5.10. The van der Waals surface area contributed by atoms with Gasteiger partial charge in [-0.05, 0) is 53.9 Å². The number of benzene rings is 2. The van der Waals surface area contributed by atoms with Crippen molar-refractivity contribution in [3.8, 4) is 5.69 Å². The van der Waals surface area contributed by atoms with Gasteiger partial charge >= 0.3 is 0 Å². The molecule has 4 rings (SSSR count). The molecule has 1 amide bonds. The second-order valence-corrected chi connectivity index (χ2v) is 9.72. The standard InChI is InChI=1S/C21H17ClN4O3S2/c22-19-12-16(5-8-20(19)26-10-9-23-14-26)25-21(27)15-3-6-18(7-4-15)31(28,29)24-13-17-2-1-11-30-17/h1-12,14,24H,13H2,(H,25,27). The van der Waals surface area contributed by atoms with Crippen molar-refractivity contribution in [1.29, 1.82) is 0 Å². The molecular formula is C21H17ClN4O3S2. The van der Waals surface area contributed by atoms with Gasteiger partial charge in [0.2, 0.25) is 10.0 Å². The molecule has 0 spiro atoms. The Morgan fingerprint density at radius 1 is 1.13 bits per heavy atom. The highest BCUT2D eigenvalue weighted by Crippen LogP contribution is 2.24. The van der Waals surface area contributed by atoms with E-state index in [1.54, 1.807) is 41.5 Å². The van der Waals surface area contributed by atoms with Gasteiger partial charge in [-0.3, -0.25) is 4.79 Å². The lowest BCUT2D eigenvalue weighted by Crippen LogP contribution is -2.23. The molecule has 0 radical (unpaired) electrons. The Morgan fingerprint density at radius 2 is 1.94 bits per heavy atom. The average Bonchev–Trinajstić information content (AvgIpc) is 3.47. The van der Waals surface area contributed by atoms with Crippen molar-refractivity contribution in [2.45, 2.75) is 11.4 Å². The number of thiophene rings is 1. The number of amides is 1. The fraction of sp³-hybridized carbons (Fsp3) is 0.0476. The molecule has 0 saturated heterocycles. The molecule has 0 atom stereocenters. The minimum absolute atomic E-state index is 0.0911. The zero-order valence-corrected chi connectivity index (χ0v) is 18.4. The summed E-state index contributed by atoms with van der Waals surface area (Å²) in [7, 11) is -3.67. The Kier molecular flexibility index (Phi) is 6.19. The van der Waals surface area contributed by atoms with Crippen LogP contribution in [0.25, 0.3) is 5.69 Å². The summed E-state index contributed by atoms with van der Waals surface area (Å²) in [6.07, 6.45) is 5.04. The third-order valence-electron chi connectivity index (χ3n) is 4.43. The molecule has 0 saturated carbocycles. The summed E-state index contributed by atoms with van der Waals surface area (Å²) in [6.45, 7) is 0.220. The van der Waals surface area contributed by atoms with E-state index < -0.39 is 10.0 Å². The largest absolute Gasteiger partial charge is 0.322 e. The fourth-order valence-electron chi connectivity index (χ4n) is 2.85. The second-order valence-electron chi connectivity index (χ2n) is 6.52. The van der Waals surface area contributed by atoms with Gasteiger partial charge in [-0.1, -0.05) is 17.7 Å². The number of carbonyl (C=O) groups is 1. The van der Waals surface area contributed by atoms with Crippen molar-refractivity contribution in [1.82, 2.24) is 14.3 Å². The number of imidazole rings is 1. The van der Waals surface area contributed by atoms with E-state index in [1.807, 2.05) is 17.5 Å². The van der Waals surface area contributed by atoms with Gasteiger partial charge in [0.25, 0.3) is 5.91 Å². The predicted molar refractivity (Wildman–Crippen MR) is 121 cm³/mol. The van der Waals surface area contributed by atoms with Crippen molar-refractivity contribution >= 4 is 44.6 Å². The van der Waals surface area contributed by atoms with Crippen molar-refractivity contribution in [2.75, 3.05) is 5.32 Å². The molecular weight excluding hydrogens is 456 g/mol. The maximum Gasteiger partial charge on any atom is 0.255 e. The molecule has 0 aliphatic carbocycles. The first-order chi connectivity index (χ1) is 14.9. The summed E-state index contributed by atoms with van der Waals surface area (Å²) < 4.78 is 29.2. The van der Waals surface area contributed by atoms with E-state index in [2.05, 4.69) is 15.0 Å². The van der Waals surface area contributed by atoms with Crippen LogP contribution in [0.2, 0.25) is 5.02 Å². The monoisotopic (exact) mass is 472 g/mol. The summed E-state index contributed by atoms with van der Waals surface area (Å²) in [4.78, 5) is 17.5. The summed E-state index contributed by atoms with van der Waals surface area (Å²) in [5.41, 5.74) is 1.59. The molecule has 0 fully saturated rings. The number of halogens is 1. The van der Waals surface area contributed by atoms with Crippen molar-refractivity contribution in [3.63, 3.8) is 0 Å². The molecule has 31 heavy (non-hydrogen) atoms. The van der Waals surface area contributed by atoms with E-state index in [9.17, 15) is 13.2 Å². The molecule has 0 aliphatic heterocycles. The third kappa shape index (κ3) is 5.02. The van der Waals surface area contributed by atoms with Crippen LogP contribution >= 0.6 is 22.9 Å². The quantitative estimate of drug-likeness (QED) is 0.419. The molecule has 0 unspecified atom stereocenters. The first-order valence-electron chi connectivity index (χ1n) is 9.14. The van der Waals surface area contributed by atoms with Crippen molar-refractivity contribution in [2.24, 2.45) is 0 Å². The fourth-order valence-corrected chi connectivity index (χ4v) is 4.87. The Bertz CT molecular complexity index is 1290. The van der Waals surface area contributed by atoms with Gasteiger partial charge in [-0.25, -0.2) is 18.1 Å². The Morgan fingerprint density at radius 3 is 2.58 bits per heavy atom. The minimum atomic E-state index is -3.67. The molecule has 2 aromatic carbocycles. The van der Waals surface area contributed by atoms with Gasteiger partial charge in [-0.15, -0.1) is 11.3 Å². The van der Waals surface area contributed by atoms with E-state index in [1.165, 1.54) is 35.6 Å². The molecule has 2 heterocycles. The van der Waals surface area contributed by atoms with Gasteiger partial charge in [0.05, 0.1) is 21.9 Å². The van der Waals surface area contributed by atoms with Crippen LogP contribution in [0.1, 0.15) is 15.2 Å². The Hall–Kier alpha value is -2.98. The van der Waals surface area contributed by atoms with Gasteiger partial charge in [-0.2, -0.15) is 0 Å². The molecule has 2 N–H and O–H groups in total. The van der Waals surface area contributed by atoms with Crippen LogP contribution < -0.4 is 10.0 Å². The van der Waals surface area contributed by atoms with Crippen LogP contribution in [0.5, 0.6) is 0 Å². The highest BCUT2D eigenvalue weighted by molar-refractivity contribution is 7.89. The SMILES string of the molecule is O=C(Nc1ccc(-n2ccnc2)c(Cl)c1)c1ccc(S(=O)(=O)NCc2cccs2)cc1. The molecule has 0 bridgehead atoms.